The van der Waals surface area contributed by atoms with Gasteiger partial charge < -0.3 is 15.0 Å². The zero-order chi connectivity index (χ0) is 12.6. The molecule has 2 aromatic rings. The number of aromatic amines is 1. The van der Waals surface area contributed by atoms with Gasteiger partial charge in [-0.05, 0) is 25.3 Å². The molecule has 0 aromatic carbocycles. The van der Waals surface area contributed by atoms with Crippen molar-refractivity contribution >= 4 is 16.9 Å². The average molecular weight is 246 g/mol. The number of aromatic nitrogens is 3. The number of nitrogens with one attached hydrogen (secondary N) is 1. The lowest BCUT2D eigenvalue weighted by Gasteiger charge is -2.38. The van der Waals surface area contributed by atoms with Crippen LogP contribution >= 0.6 is 0 Å². The van der Waals surface area contributed by atoms with Crippen LogP contribution in [0.15, 0.2) is 18.6 Å². The fraction of sp³-hybridized carbons (Fsp3) is 0.538. The molecular formula is C13H18N4O. The smallest absolute Gasteiger partial charge is 0.156 e. The normalized spacial score (nSPS) is 19.3. The fourth-order valence-corrected chi connectivity index (χ4v) is 2.57. The number of pyridine rings is 1. The molecule has 5 nitrogen and oxygen atoms in total. The van der Waals surface area contributed by atoms with Gasteiger partial charge in [0.1, 0.15) is 5.52 Å². The summed E-state index contributed by atoms with van der Waals surface area (Å²) in [5, 5.41) is 10.2. The van der Waals surface area contributed by atoms with E-state index in [2.05, 4.69) is 19.9 Å². The van der Waals surface area contributed by atoms with Crippen molar-refractivity contribution in [1.82, 2.24) is 15.0 Å². The van der Waals surface area contributed by atoms with Crippen molar-refractivity contribution in [1.29, 1.82) is 0 Å². The topological polar surface area (TPSA) is 65.0 Å². The molecule has 3 rings (SSSR count). The maximum Gasteiger partial charge on any atom is 0.156 e. The molecule has 0 atom stereocenters. The van der Waals surface area contributed by atoms with Gasteiger partial charge in [-0.2, -0.15) is 0 Å². The molecule has 0 aliphatic carbocycles. The third kappa shape index (κ3) is 1.84. The van der Waals surface area contributed by atoms with E-state index in [0.29, 0.717) is 0 Å². The highest BCUT2D eigenvalue weighted by Gasteiger charge is 2.31. The number of piperidine rings is 1. The highest BCUT2D eigenvalue weighted by atomic mass is 16.3. The standard InChI is InChI=1S/C13H18N4O/c1-2-13(18)4-7-17(8-5-13)12-11-10(3-6-14-12)15-9-16-11/h3,6,9,18H,2,4-5,7-8H2,1H3,(H,15,16). The first kappa shape index (κ1) is 11.5. The third-order valence-corrected chi connectivity index (χ3v) is 3.97. The zero-order valence-electron chi connectivity index (χ0n) is 10.6. The van der Waals surface area contributed by atoms with E-state index in [0.717, 1.165) is 49.2 Å². The minimum absolute atomic E-state index is 0.490. The Hall–Kier alpha value is -1.62. The van der Waals surface area contributed by atoms with Gasteiger partial charge in [0.05, 0.1) is 17.4 Å². The first-order valence-electron chi connectivity index (χ1n) is 6.47. The quantitative estimate of drug-likeness (QED) is 0.846. The lowest BCUT2D eigenvalue weighted by atomic mass is 9.89. The van der Waals surface area contributed by atoms with Gasteiger partial charge in [0.25, 0.3) is 0 Å². The van der Waals surface area contributed by atoms with Crippen molar-refractivity contribution in [2.45, 2.75) is 31.8 Å². The number of rotatable bonds is 2. The summed E-state index contributed by atoms with van der Waals surface area (Å²) in [5.74, 6) is 0.923. The van der Waals surface area contributed by atoms with Gasteiger partial charge >= 0.3 is 0 Å². The summed E-state index contributed by atoms with van der Waals surface area (Å²) in [6, 6.07) is 1.93. The Morgan fingerprint density at radius 1 is 1.39 bits per heavy atom. The number of nitrogens with zero attached hydrogens (tertiary/aromatic N) is 3. The molecule has 0 amide bonds. The number of anilines is 1. The number of aliphatic hydroxyl groups is 1. The van der Waals surface area contributed by atoms with Crippen LogP contribution in [-0.4, -0.2) is 38.7 Å². The van der Waals surface area contributed by atoms with E-state index in [4.69, 9.17) is 0 Å². The van der Waals surface area contributed by atoms with E-state index in [1.807, 2.05) is 13.0 Å². The minimum atomic E-state index is -0.490. The number of hydrogen-bond acceptors (Lipinski definition) is 4. The van der Waals surface area contributed by atoms with Gasteiger partial charge in [-0.25, -0.2) is 9.97 Å². The Morgan fingerprint density at radius 3 is 2.89 bits per heavy atom. The second-order valence-electron chi connectivity index (χ2n) is 5.00. The molecule has 1 fully saturated rings. The van der Waals surface area contributed by atoms with Crippen molar-refractivity contribution in [3.8, 4) is 0 Å². The minimum Gasteiger partial charge on any atom is -0.390 e. The summed E-state index contributed by atoms with van der Waals surface area (Å²) in [6.07, 6.45) is 5.91. The SMILES string of the molecule is CCC1(O)CCN(c2nccc3[nH]cnc23)CC1. The number of hydrogen-bond donors (Lipinski definition) is 2. The molecule has 0 unspecified atom stereocenters. The Bertz CT molecular complexity index is 543. The second-order valence-corrected chi connectivity index (χ2v) is 5.00. The molecule has 0 spiro atoms. The number of H-pyrrole nitrogens is 1. The largest absolute Gasteiger partial charge is 0.390 e. The summed E-state index contributed by atoms with van der Waals surface area (Å²) in [6.45, 7) is 3.72. The maximum absolute atomic E-state index is 10.2. The molecule has 0 radical (unpaired) electrons. The van der Waals surface area contributed by atoms with Crippen LogP contribution in [0.5, 0.6) is 0 Å². The number of fused-ring (bicyclic) bond motifs is 1. The maximum atomic E-state index is 10.2. The summed E-state index contributed by atoms with van der Waals surface area (Å²) in [4.78, 5) is 14.1. The van der Waals surface area contributed by atoms with Crippen LogP contribution < -0.4 is 4.90 Å². The first-order valence-corrected chi connectivity index (χ1v) is 6.47. The van der Waals surface area contributed by atoms with Crippen molar-refractivity contribution < 1.29 is 5.11 Å². The van der Waals surface area contributed by atoms with Gasteiger partial charge in [0, 0.05) is 19.3 Å². The molecule has 96 valence electrons. The van der Waals surface area contributed by atoms with Crippen molar-refractivity contribution in [3.63, 3.8) is 0 Å². The monoisotopic (exact) mass is 246 g/mol. The molecule has 5 heteroatoms. The molecule has 18 heavy (non-hydrogen) atoms. The summed E-state index contributed by atoms with van der Waals surface area (Å²) >= 11 is 0. The van der Waals surface area contributed by atoms with E-state index in [-0.39, 0.29) is 0 Å². The van der Waals surface area contributed by atoms with Crippen LogP contribution in [0.1, 0.15) is 26.2 Å². The van der Waals surface area contributed by atoms with Crippen molar-refractivity contribution in [2.75, 3.05) is 18.0 Å². The van der Waals surface area contributed by atoms with Gasteiger partial charge in [0.15, 0.2) is 5.82 Å². The van der Waals surface area contributed by atoms with Crippen LogP contribution in [0.3, 0.4) is 0 Å². The van der Waals surface area contributed by atoms with E-state index >= 15 is 0 Å². The Kier molecular flexibility index (Phi) is 2.70. The van der Waals surface area contributed by atoms with Crippen LogP contribution in [0.4, 0.5) is 5.82 Å². The van der Waals surface area contributed by atoms with Crippen LogP contribution in [0, 0.1) is 0 Å². The molecule has 2 N–H and O–H groups in total. The lowest BCUT2D eigenvalue weighted by Crippen LogP contribution is -2.44. The molecular weight excluding hydrogens is 228 g/mol. The highest BCUT2D eigenvalue weighted by molar-refractivity contribution is 5.85. The highest BCUT2D eigenvalue weighted by Crippen LogP contribution is 2.30. The fourth-order valence-electron chi connectivity index (χ4n) is 2.57. The molecule has 3 heterocycles. The van der Waals surface area contributed by atoms with E-state index in [1.54, 1.807) is 12.5 Å². The van der Waals surface area contributed by atoms with Gasteiger partial charge in [-0.1, -0.05) is 6.92 Å². The predicted octanol–water partition coefficient (Wildman–Crippen LogP) is 1.70. The zero-order valence-corrected chi connectivity index (χ0v) is 10.6. The third-order valence-electron chi connectivity index (χ3n) is 3.97. The molecule has 2 aromatic heterocycles. The molecule has 0 saturated carbocycles. The summed E-state index contributed by atoms with van der Waals surface area (Å²) in [5.41, 5.74) is 1.44. The summed E-state index contributed by atoms with van der Waals surface area (Å²) < 4.78 is 0. The van der Waals surface area contributed by atoms with E-state index in [1.165, 1.54) is 0 Å². The predicted molar refractivity (Wildman–Crippen MR) is 70.6 cm³/mol. The van der Waals surface area contributed by atoms with Crippen LogP contribution in [0.25, 0.3) is 11.0 Å². The Labute approximate surface area is 106 Å². The van der Waals surface area contributed by atoms with Gasteiger partial charge in [-0.15, -0.1) is 0 Å². The Morgan fingerprint density at radius 2 is 2.17 bits per heavy atom. The lowest BCUT2D eigenvalue weighted by molar-refractivity contribution is 0.0125. The van der Waals surface area contributed by atoms with Gasteiger partial charge in [-0.3, -0.25) is 0 Å². The molecule has 1 aliphatic rings. The van der Waals surface area contributed by atoms with Crippen molar-refractivity contribution in [3.05, 3.63) is 18.6 Å². The number of imidazole rings is 1. The van der Waals surface area contributed by atoms with E-state index < -0.39 is 5.60 Å². The Balaban J connectivity index is 1.86. The molecule has 0 bridgehead atoms. The van der Waals surface area contributed by atoms with Crippen LogP contribution in [0.2, 0.25) is 0 Å². The van der Waals surface area contributed by atoms with Crippen LogP contribution in [-0.2, 0) is 0 Å². The van der Waals surface area contributed by atoms with Crippen molar-refractivity contribution in [2.24, 2.45) is 0 Å². The molecule has 1 saturated heterocycles. The molecule has 1 aliphatic heterocycles. The van der Waals surface area contributed by atoms with E-state index in [9.17, 15) is 5.11 Å². The average Bonchev–Trinajstić information content (AvgIpc) is 2.88. The van der Waals surface area contributed by atoms with Gasteiger partial charge in [0.2, 0.25) is 0 Å². The summed E-state index contributed by atoms with van der Waals surface area (Å²) in [7, 11) is 0. The first-order chi connectivity index (χ1) is 8.72. The second kappa shape index (κ2) is 4.24.